The largest absolute Gasteiger partial charge is 0.280 e. The third kappa shape index (κ3) is 3.52. The van der Waals surface area contributed by atoms with Crippen molar-refractivity contribution in [3.63, 3.8) is 0 Å². The van der Waals surface area contributed by atoms with Crippen molar-refractivity contribution in [3.8, 4) is 0 Å². The van der Waals surface area contributed by atoms with Crippen LogP contribution in [-0.4, -0.2) is 25.1 Å². The molecule has 0 spiro atoms. The van der Waals surface area contributed by atoms with Gasteiger partial charge in [0.15, 0.2) is 9.84 Å². The van der Waals surface area contributed by atoms with E-state index >= 15 is 0 Å². The van der Waals surface area contributed by atoms with Gasteiger partial charge in [-0.2, -0.15) is 0 Å². The van der Waals surface area contributed by atoms with Crippen molar-refractivity contribution in [1.82, 2.24) is 4.57 Å². The number of rotatable bonds is 4. The SMILES string of the molecule is CCCc1cc2cc(S(C)(=O)=O)ccc2n1C(=O)c1ccc(Cl)c(Cl)c1. The minimum atomic E-state index is -3.32. The van der Waals surface area contributed by atoms with E-state index in [1.165, 1.54) is 12.3 Å². The highest BCUT2D eigenvalue weighted by molar-refractivity contribution is 7.90. The Hall–Kier alpha value is -1.82. The van der Waals surface area contributed by atoms with Gasteiger partial charge in [0.25, 0.3) is 5.91 Å². The number of hydrogen-bond donors (Lipinski definition) is 0. The molecule has 0 aliphatic carbocycles. The van der Waals surface area contributed by atoms with Crippen LogP contribution in [0.2, 0.25) is 10.0 Å². The van der Waals surface area contributed by atoms with Crippen LogP contribution >= 0.6 is 23.2 Å². The van der Waals surface area contributed by atoms with Crippen molar-refractivity contribution >= 4 is 49.8 Å². The molecule has 0 bridgehead atoms. The molecule has 0 aliphatic rings. The number of aryl methyl sites for hydroxylation is 1. The van der Waals surface area contributed by atoms with Crippen molar-refractivity contribution in [2.45, 2.75) is 24.7 Å². The number of carbonyl (C=O) groups is 1. The van der Waals surface area contributed by atoms with Crippen LogP contribution in [0.1, 0.15) is 29.4 Å². The molecule has 7 heteroatoms. The van der Waals surface area contributed by atoms with Gasteiger partial charge < -0.3 is 0 Å². The van der Waals surface area contributed by atoms with E-state index in [9.17, 15) is 13.2 Å². The van der Waals surface area contributed by atoms with Crippen LogP contribution in [-0.2, 0) is 16.3 Å². The molecule has 0 atom stereocenters. The summed E-state index contributed by atoms with van der Waals surface area (Å²) in [6.07, 6.45) is 2.71. The number of fused-ring (bicyclic) bond motifs is 1. The van der Waals surface area contributed by atoms with Crippen LogP contribution < -0.4 is 0 Å². The highest BCUT2D eigenvalue weighted by Gasteiger charge is 2.19. The molecule has 0 N–H and O–H groups in total. The molecule has 0 saturated carbocycles. The van der Waals surface area contributed by atoms with E-state index < -0.39 is 9.84 Å². The second-order valence-corrected chi connectivity index (χ2v) is 8.98. The predicted molar refractivity (Wildman–Crippen MR) is 105 cm³/mol. The molecule has 0 radical (unpaired) electrons. The number of aromatic nitrogens is 1. The second-order valence-electron chi connectivity index (χ2n) is 6.15. The average Bonchev–Trinajstić information content (AvgIpc) is 2.93. The Morgan fingerprint density at radius 2 is 1.77 bits per heavy atom. The maximum absolute atomic E-state index is 13.1. The van der Waals surface area contributed by atoms with E-state index in [1.807, 2.05) is 13.0 Å². The zero-order chi connectivity index (χ0) is 19.1. The Morgan fingerprint density at radius 3 is 2.38 bits per heavy atom. The Bertz CT molecular complexity index is 1120. The van der Waals surface area contributed by atoms with E-state index in [-0.39, 0.29) is 10.8 Å². The number of sulfone groups is 1. The summed E-state index contributed by atoms with van der Waals surface area (Å²) in [5, 5.41) is 1.40. The topological polar surface area (TPSA) is 56.1 Å². The molecule has 1 aromatic heterocycles. The molecule has 1 heterocycles. The lowest BCUT2D eigenvalue weighted by Gasteiger charge is -2.10. The quantitative estimate of drug-likeness (QED) is 0.609. The van der Waals surface area contributed by atoms with Crippen LogP contribution in [0.3, 0.4) is 0 Å². The Kier molecular flexibility index (Phi) is 5.15. The summed E-state index contributed by atoms with van der Waals surface area (Å²) >= 11 is 12.0. The fraction of sp³-hybridized carbons (Fsp3) is 0.211. The standard InChI is InChI=1S/C19H17Cl2NO3S/c1-3-4-14-9-13-10-15(26(2,24)25)6-8-18(13)22(14)19(23)12-5-7-16(20)17(21)11-12/h5-11H,3-4H2,1-2H3. The molecule has 136 valence electrons. The van der Waals surface area contributed by atoms with Crippen molar-refractivity contribution in [2.24, 2.45) is 0 Å². The Balaban J connectivity index is 2.21. The highest BCUT2D eigenvalue weighted by Crippen LogP contribution is 2.27. The lowest BCUT2D eigenvalue weighted by Crippen LogP contribution is -2.15. The first-order valence-corrected chi connectivity index (χ1v) is 10.7. The van der Waals surface area contributed by atoms with E-state index in [0.29, 0.717) is 32.9 Å². The number of halogens is 2. The molecule has 0 aliphatic heterocycles. The third-order valence-corrected chi connectivity index (χ3v) is 6.00. The average molecular weight is 410 g/mol. The first-order chi connectivity index (χ1) is 12.2. The molecule has 26 heavy (non-hydrogen) atoms. The molecule has 4 nitrogen and oxygen atoms in total. The summed E-state index contributed by atoms with van der Waals surface area (Å²) in [4.78, 5) is 13.3. The van der Waals surface area contributed by atoms with Gasteiger partial charge in [-0.15, -0.1) is 0 Å². The lowest BCUT2D eigenvalue weighted by molar-refractivity contribution is 0.0962. The maximum atomic E-state index is 13.1. The fourth-order valence-corrected chi connectivity index (χ4v) is 3.87. The van der Waals surface area contributed by atoms with Crippen LogP contribution in [0.15, 0.2) is 47.4 Å². The minimum absolute atomic E-state index is 0.228. The molecule has 0 unspecified atom stereocenters. The molecular weight excluding hydrogens is 393 g/mol. The van der Waals surface area contributed by atoms with E-state index in [2.05, 4.69) is 0 Å². The molecule has 0 saturated heterocycles. The van der Waals surface area contributed by atoms with Crippen LogP contribution in [0.5, 0.6) is 0 Å². The van der Waals surface area contributed by atoms with Crippen molar-refractivity contribution in [1.29, 1.82) is 0 Å². The number of benzene rings is 2. The van der Waals surface area contributed by atoms with Gasteiger partial charge in [0.2, 0.25) is 0 Å². The Morgan fingerprint density at radius 1 is 1.04 bits per heavy atom. The van der Waals surface area contributed by atoms with Gasteiger partial charge in [-0.3, -0.25) is 9.36 Å². The van der Waals surface area contributed by atoms with Crippen LogP contribution in [0.4, 0.5) is 0 Å². The highest BCUT2D eigenvalue weighted by atomic mass is 35.5. The van der Waals surface area contributed by atoms with Gasteiger partial charge in [0.05, 0.1) is 20.5 Å². The summed E-state index contributed by atoms with van der Waals surface area (Å²) in [6, 6.07) is 11.4. The van der Waals surface area contributed by atoms with Crippen molar-refractivity contribution in [2.75, 3.05) is 6.26 Å². The summed E-state index contributed by atoms with van der Waals surface area (Å²) in [6.45, 7) is 2.02. The summed E-state index contributed by atoms with van der Waals surface area (Å²) in [5.74, 6) is -0.228. The lowest BCUT2D eigenvalue weighted by atomic mass is 10.2. The monoisotopic (exact) mass is 409 g/mol. The number of carbonyl (C=O) groups excluding carboxylic acids is 1. The Labute approximate surface area is 162 Å². The van der Waals surface area contributed by atoms with E-state index in [4.69, 9.17) is 23.2 Å². The van der Waals surface area contributed by atoms with Crippen molar-refractivity contribution in [3.05, 3.63) is 63.8 Å². The minimum Gasteiger partial charge on any atom is -0.280 e. The third-order valence-electron chi connectivity index (χ3n) is 4.15. The molecule has 3 aromatic rings. The molecule has 3 rings (SSSR count). The van der Waals surface area contributed by atoms with Gasteiger partial charge in [-0.25, -0.2) is 8.42 Å². The normalized spacial score (nSPS) is 11.8. The maximum Gasteiger partial charge on any atom is 0.262 e. The molecule has 0 fully saturated rings. The summed E-state index contributed by atoms with van der Waals surface area (Å²) < 4.78 is 25.3. The first-order valence-electron chi connectivity index (χ1n) is 8.06. The van der Waals surface area contributed by atoms with Crippen LogP contribution in [0.25, 0.3) is 10.9 Å². The number of hydrogen-bond acceptors (Lipinski definition) is 3. The molecule has 2 aromatic carbocycles. The smallest absolute Gasteiger partial charge is 0.262 e. The predicted octanol–water partition coefficient (Wildman–Crippen LogP) is 4.99. The summed E-state index contributed by atoms with van der Waals surface area (Å²) in [7, 11) is -3.32. The second kappa shape index (κ2) is 7.06. The van der Waals surface area contributed by atoms with Gasteiger partial charge in [0, 0.05) is 22.9 Å². The van der Waals surface area contributed by atoms with E-state index in [0.717, 1.165) is 12.1 Å². The van der Waals surface area contributed by atoms with Gasteiger partial charge in [0.1, 0.15) is 0 Å². The van der Waals surface area contributed by atoms with Gasteiger partial charge >= 0.3 is 0 Å². The van der Waals surface area contributed by atoms with E-state index in [1.54, 1.807) is 34.9 Å². The summed E-state index contributed by atoms with van der Waals surface area (Å²) in [5.41, 5.74) is 1.91. The van der Waals surface area contributed by atoms with Gasteiger partial charge in [-0.1, -0.05) is 36.5 Å². The molecule has 0 amide bonds. The molecular formula is C19H17Cl2NO3S. The van der Waals surface area contributed by atoms with Gasteiger partial charge in [-0.05, 0) is 48.9 Å². The fourth-order valence-electron chi connectivity index (χ4n) is 2.92. The van der Waals surface area contributed by atoms with Crippen molar-refractivity contribution < 1.29 is 13.2 Å². The first kappa shape index (κ1) is 19.0. The van der Waals surface area contributed by atoms with Crippen LogP contribution in [0, 0.1) is 0 Å². The zero-order valence-electron chi connectivity index (χ0n) is 14.3. The zero-order valence-corrected chi connectivity index (χ0v) is 16.6. The number of nitrogens with zero attached hydrogens (tertiary/aromatic N) is 1.